The minimum Gasteiger partial charge on any atom is -0.343 e. The minimum atomic E-state index is -0.662. The molecule has 1 aliphatic rings. The van der Waals surface area contributed by atoms with Gasteiger partial charge < -0.3 is 20.4 Å². The van der Waals surface area contributed by atoms with E-state index in [-0.39, 0.29) is 23.8 Å². The summed E-state index contributed by atoms with van der Waals surface area (Å²) in [5, 5.41) is 6.96. The van der Waals surface area contributed by atoms with Gasteiger partial charge in [-0.25, -0.2) is 4.98 Å². The van der Waals surface area contributed by atoms with E-state index in [1.165, 1.54) is 0 Å². The zero-order valence-electron chi connectivity index (χ0n) is 26.2. The molecule has 1 aromatic heterocycles. The van der Waals surface area contributed by atoms with Crippen LogP contribution in [0.4, 0.5) is 0 Å². The lowest BCUT2D eigenvalue weighted by Crippen LogP contribution is -2.55. The number of nitrogens with zero attached hydrogens (tertiary/aromatic N) is 3. The van der Waals surface area contributed by atoms with Crippen LogP contribution in [-0.2, 0) is 22.4 Å². The van der Waals surface area contributed by atoms with Crippen LogP contribution in [0.1, 0.15) is 47.8 Å². The van der Waals surface area contributed by atoms with Crippen molar-refractivity contribution in [2.75, 3.05) is 26.7 Å². The van der Waals surface area contributed by atoms with Crippen LogP contribution >= 0.6 is 0 Å². The maximum Gasteiger partial charge on any atom is 0.272 e. The summed E-state index contributed by atoms with van der Waals surface area (Å²) in [5.74, 6) is -0.446. The SMILES string of the molecule is CN[C@@H](C)C(=O)N[C@@H](CCc1ccccc1)C(=O)N1CCC[C@H]1CN(CCc1ccccc1)C(=O)c1ccc2ccccc2n1. The van der Waals surface area contributed by atoms with Crippen LogP contribution in [0, 0.1) is 0 Å². The van der Waals surface area contributed by atoms with Crippen LogP contribution in [-0.4, -0.2) is 77.3 Å². The molecule has 1 aliphatic heterocycles. The summed E-state index contributed by atoms with van der Waals surface area (Å²) in [6, 6.07) is 30.4. The molecule has 1 fully saturated rings. The van der Waals surface area contributed by atoms with E-state index < -0.39 is 12.1 Å². The molecule has 5 rings (SSSR count). The molecule has 3 aromatic carbocycles. The first-order chi connectivity index (χ1) is 21.9. The average Bonchev–Trinajstić information content (AvgIpc) is 3.56. The molecule has 3 atom stereocenters. The second-order valence-corrected chi connectivity index (χ2v) is 11.8. The maximum absolute atomic E-state index is 14.1. The first-order valence-electron chi connectivity index (χ1n) is 15.9. The normalized spacial score (nSPS) is 15.9. The van der Waals surface area contributed by atoms with E-state index in [4.69, 9.17) is 4.98 Å². The van der Waals surface area contributed by atoms with Crippen molar-refractivity contribution in [1.82, 2.24) is 25.4 Å². The summed E-state index contributed by atoms with van der Waals surface area (Å²) in [6.07, 6.45) is 3.49. The van der Waals surface area contributed by atoms with E-state index in [1.54, 1.807) is 20.0 Å². The second kappa shape index (κ2) is 15.4. The van der Waals surface area contributed by atoms with E-state index in [0.29, 0.717) is 44.6 Å². The van der Waals surface area contributed by atoms with Crippen molar-refractivity contribution in [3.8, 4) is 0 Å². The molecule has 45 heavy (non-hydrogen) atoms. The number of para-hydroxylation sites is 1. The highest BCUT2D eigenvalue weighted by molar-refractivity contribution is 5.95. The number of nitrogens with one attached hydrogen (secondary N) is 2. The van der Waals surface area contributed by atoms with Crippen LogP contribution < -0.4 is 10.6 Å². The molecule has 0 aliphatic carbocycles. The Balaban J connectivity index is 1.36. The fourth-order valence-electron chi connectivity index (χ4n) is 5.94. The van der Waals surface area contributed by atoms with Gasteiger partial charge in [0.15, 0.2) is 0 Å². The van der Waals surface area contributed by atoms with Crippen molar-refractivity contribution in [2.45, 2.75) is 57.2 Å². The van der Waals surface area contributed by atoms with Crippen molar-refractivity contribution in [2.24, 2.45) is 0 Å². The van der Waals surface area contributed by atoms with Gasteiger partial charge >= 0.3 is 0 Å². The van der Waals surface area contributed by atoms with Crippen LogP contribution in [0.3, 0.4) is 0 Å². The Labute approximate surface area is 265 Å². The van der Waals surface area contributed by atoms with Crippen molar-refractivity contribution in [1.29, 1.82) is 0 Å². The van der Waals surface area contributed by atoms with Crippen molar-refractivity contribution < 1.29 is 14.4 Å². The Bertz CT molecular complexity index is 1580. The standard InChI is InChI=1S/C37H43N5O3/c1-27(38-2)35(43)40-34(21-19-28-12-5-3-6-13-28)37(45)42-24-11-17-31(42)26-41(25-23-29-14-7-4-8-15-29)36(44)33-22-20-30-16-9-10-18-32(30)39-33/h3-10,12-16,18,20,22,27,31,34,38H,11,17,19,21,23-26H2,1-2H3,(H,40,43)/t27-,31-,34-/m0/s1. The summed E-state index contributed by atoms with van der Waals surface area (Å²) in [6.45, 7) is 3.28. The summed E-state index contributed by atoms with van der Waals surface area (Å²) in [4.78, 5) is 49.5. The Kier molecular flexibility index (Phi) is 10.9. The van der Waals surface area contributed by atoms with Gasteiger partial charge in [0, 0.05) is 31.1 Å². The fourth-order valence-corrected chi connectivity index (χ4v) is 5.94. The highest BCUT2D eigenvalue weighted by Gasteiger charge is 2.36. The highest BCUT2D eigenvalue weighted by atomic mass is 16.2. The molecular weight excluding hydrogens is 562 g/mol. The summed E-state index contributed by atoms with van der Waals surface area (Å²) >= 11 is 0. The number of carbonyl (C=O) groups excluding carboxylic acids is 3. The number of carbonyl (C=O) groups is 3. The number of benzene rings is 3. The molecule has 0 unspecified atom stereocenters. The number of likely N-dealkylation sites (tertiary alicyclic amines) is 1. The third-order valence-electron chi connectivity index (χ3n) is 8.71. The number of pyridine rings is 1. The van der Waals surface area contributed by atoms with Crippen molar-refractivity contribution in [3.63, 3.8) is 0 Å². The van der Waals surface area contributed by atoms with E-state index in [9.17, 15) is 14.4 Å². The predicted molar refractivity (Wildman–Crippen MR) is 178 cm³/mol. The molecule has 0 radical (unpaired) electrons. The van der Waals surface area contributed by atoms with Crippen molar-refractivity contribution >= 4 is 28.6 Å². The highest BCUT2D eigenvalue weighted by Crippen LogP contribution is 2.22. The zero-order valence-corrected chi connectivity index (χ0v) is 26.2. The van der Waals surface area contributed by atoms with Crippen molar-refractivity contribution in [3.05, 3.63) is 114 Å². The van der Waals surface area contributed by atoms with Gasteiger partial charge in [0.2, 0.25) is 11.8 Å². The molecule has 0 saturated carbocycles. The first kappa shape index (κ1) is 31.9. The molecule has 0 bridgehead atoms. The Morgan fingerprint density at radius 1 is 0.889 bits per heavy atom. The van der Waals surface area contributed by atoms with Gasteiger partial charge in [0.05, 0.1) is 11.6 Å². The quantitative estimate of drug-likeness (QED) is 0.232. The molecule has 4 aromatic rings. The molecule has 8 heteroatoms. The van der Waals surface area contributed by atoms with Crippen LogP contribution in [0.25, 0.3) is 10.9 Å². The Hall–Kier alpha value is -4.56. The van der Waals surface area contributed by atoms with E-state index >= 15 is 0 Å². The third-order valence-corrected chi connectivity index (χ3v) is 8.71. The topological polar surface area (TPSA) is 94.6 Å². The smallest absolute Gasteiger partial charge is 0.272 e. The number of aromatic nitrogens is 1. The van der Waals surface area contributed by atoms with Crippen LogP contribution in [0.5, 0.6) is 0 Å². The molecule has 0 spiro atoms. The second-order valence-electron chi connectivity index (χ2n) is 11.8. The molecule has 2 N–H and O–H groups in total. The monoisotopic (exact) mass is 605 g/mol. The lowest BCUT2D eigenvalue weighted by Gasteiger charge is -2.33. The summed E-state index contributed by atoms with van der Waals surface area (Å²) in [5.41, 5.74) is 3.43. The molecule has 8 nitrogen and oxygen atoms in total. The van der Waals surface area contributed by atoms with Gasteiger partial charge in [-0.05, 0) is 69.3 Å². The van der Waals surface area contributed by atoms with Gasteiger partial charge in [-0.3, -0.25) is 14.4 Å². The third kappa shape index (κ3) is 8.34. The Morgan fingerprint density at radius 2 is 1.56 bits per heavy atom. The van der Waals surface area contributed by atoms with Gasteiger partial charge in [0.25, 0.3) is 5.91 Å². The summed E-state index contributed by atoms with van der Waals surface area (Å²) < 4.78 is 0. The van der Waals surface area contributed by atoms with E-state index in [0.717, 1.165) is 34.9 Å². The van der Waals surface area contributed by atoms with Gasteiger partial charge in [-0.1, -0.05) is 84.9 Å². The zero-order chi connectivity index (χ0) is 31.6. The van der Waals surface area contributed by atoms with Gasteiger partial charge in [-0.15, -0.1) is 0 Å². The molecule has 234 valence electrons. The number of rotatable bonds is 13. The number of aryl methyl sites for hydroxylation is 1. The molecular formula is C37H43N5O3. The number of hydrogen-bond acceptors (Lipinski definition) is 5. The molecule has 1 saturated heterocycles. The lowest BCUT2D eigenvalue weighted by molar-refractivity contribution is -0.137. The number of fused-ring (bicyclic) bond motifs is 1. The van der Waals surface area contributed by atoms with Crippen LogP contribution in [0.15, 0.2) is 97.1 Å². The number of hydrogen-bond donors (Lipinski definition) is 2. The van der Waals surface area contributed by atoms with Gasteiger partial charge in [0.1, 0.15) is 11.7 Å². The average molecular weight is 606 g/mol. The van der Waals surface area contributed by atoms with Crippen LogP contribution in [0.2, 0.25) is 0 Å². The number of likely N-dealkylation sites (N-methyl/N-ethyl adjacent to an activating group) is 1. The maximum atomic E-state index is 14.1. The minimum absolute atomic E-state index is 0.0932. The van der Waals surface area contributed by atoms with E-state index in [1.807, 2.05) is 88.7 Å². The summed E-state index contributed by atoms with van der Waals surface area (Å²) in [7, 11) is 1.73. The van der Waals surface area contributed by atoms with E-state index in [2.05, 4.69) is 22.8 Å². The fraction of sp³-hybridized carbons (Fsp3) is 0.351. The largest absolute Gasteiger partial charge is 0.343 e. The number of amides is 3. The van der Waals surface area contributed by atoms with Gasteiger partial charge in [-0.2, -0.15) is 0 Å². The first-order valence-corrected chi connectivity index (χ1v) is 15.9. The molecule has 3 amide bonds. The molecule has 2 heterocycles. The lowest BCUT2D eigenvalue weighted by atomic mass is 10.0. The Morgan fingerprint density at radius 3 is 2.27 bits per heavy atom. The predicted octanol–water partition coefficient (Wildman–Crippen LogP) is 4.64.